The summed E-state index contributed by atoms with van der Waals surface area (Å²) in [4.78, 5) is 19.1. The zero-order valence-electron chi connectivity index (χ0n) is 17.6. The van der Waals surface area contributed by atoms with Gasteiger partial charge < -0.3 is 4.74 Å². The zero-order valence-corrected chi connectivity index (χ0v) is 18.4. The quantitative estimate of drug-likeness (QED) is 0.286. The van der Waals surface area contributed by atoms with E-state index < -0.39 is 11.4 Å². The molecule has 0 aliphatic rings. The molecule has 0 radical (unpaired) electrons. The lowest BCUT2D eigenvalue weighted by Crippen LogP contribution is -2.16. The molecule has 7 nitrogen and oxygen atoms in total. The Labute approximate surface area is 199 Å². The molecule has 0 unspecified atom stereocenters. The lowest BCUT2D eigenvalue weighted by Gasteiger charge is -2.09. The number of halogens is 2. The Morgan fingerprint density at radius 2 is 1.88 bits per heavy atom. The van der Waals surface area contributed by atoms with Crippen LogP contribution in [-0.2, 0) is 6.61 Å². The molecule has 0 fully saturated rings. The number of nitrogens with one attached hydrogen (secondary N) is 2. The minimum Gasteiger partial charge on any atom is -0.489 e. The van der Waals surface area contributed by atoms with Crippen molar-refractivity contribution in [3.05, 3.63) is 111 Å². The third kappa shape index (κ3) is 5.28. The molecule has 4 aromatic rings. The summed E-state index contributed by atoms with van der Waals surface area (Å²) in [6.07, 6.45) is 1.53. The number of aromatic amines is 1. The third-order valence-electron chi connectivity index (χ3n) is 4.79. The second-order valence-electron chi connectivity index (χ2n) is 7.04. The first-order valence-corrected chi connectivity index (χ1v) is 10.5. The highest BCUT2D eigenvalue weighted by Crippen LogP contribution is 2.22. The standard InChI is InChI=1S/C25H17ClFN5O2/c26-21-7-4-8-22(27)20(21)15-34-18-11-9-16(10-12-18)14-29-32-25-30-23(17-5-2-1-3-6-17)19(13-28)24(33)31-25/h1-12,14H,15H2,(H2,30,31,32,33). The zero-order chi connectivity index (χ0) is 23.9. The summed E-state index contributed by atoms with van der Waals surface area (Å²) < 4.78 is 19.5. The Morgan fingerprint density at radius 1 is 1.12 bits per heavy atom. The first-order chi connectivity index (χ1) is 16.5. The van der Waals surface area contributed by atoms with Gasteiger partial charge in [-0.25, -0.2) is 14.8 Å². The Morgan fingerprint density at radius 3 is 2.59 bits per heavy atom. The van der Waals surface area contributed by atoms with Crippen molar-refractivity contribution >= 4 is 23.8 Å². The van der Waals surface area contributed by atoms with Gasteiger partial charge in [-0.2, -0.15) is 10.4 Å². The maximum Gasteiger partial charge on any atom is 0.270 e. The Hall–Kier alpha value is -4.48. The highest BCUT2D eigenvalue weighted by atomic mass is 35.5. The molecule has 4 rings (SSSR count). The summed E-state index contributed by atoms with van der Waals surface area (Å²) in [5.74, 6) is 0.211. The molecule has 1 aromatic heterocycles. The van der Waals surface area contributed by atoms with Crippen LogP contribution in [-0.4, -0.2) is 16.2 Å². The van der Waals surface area contributed by atoms with Crippen molar-refractivity contribution in [2.75, 3.05) is 5.43 Å². The summed E-state index contributed by atoms with van der Waals surface area (Å²) in [5, 5.41) is 13.7. The van der Waals surface area contributed by atoms with Crippen molar-refractivity contribution in [1.29, 1.82) is 5.26 Å². The molecular weight excluding hydrogens is 457 g/mol. The lowest BCUT2D eigenvalue weighted by atomic mass is 10.1. The van der Waals surface area contributed by atoms with Gasteiger partial charge in [0.05, 0.1) is 16.9 Å². The van der Waals surface area contributed by atoms with E-state index in [0.717, 1.165) is 5.56 Å². The molecule has 168 valence electrons. The SMILES string of the molecule is N#Cc1c(-c2ccccc2)nc(NN=Cc2ccc(OCc3c(F)cccc3Cl)cc2)[nH]c1=O. The molecular formula is C25H17ClFN5O2. The molecule has 0 amide bonds. The fourth-order valence-electron chi connectivity index (χ4n) is 3.08. The average molecular weight is 474 g/mol. The van der Waals surface area contributed by atoms with E-state index in [4.69, 9.17) is 16.3 Å². The normalized spacial score (nSPS) is 10.7. The first-order valence-electron chi connectivity index (χ1n) is 10.1. The van der Waals surface area contributed by atoms with Crippen LogP contribution >= 0.6 is 11.6 Å². The van der Waals surface area contributed by atoms with E-state index in [2.05, 4.69) is 20.5 Å². The maximum absolute atomic E-state index is 13.9. The van der Waals surface area contributed by atoms with Crippen molar-refractivity contribution in [2.24, 2.45) is 5.10 Å². The molecule has 0 spiro atoms. The summed E-state index contributed by atoms with van der Waals surface area (Å²) >= 11 is 6.01. The van der Waals surface area contributed by atoms with E-state index >= 15 is 0 Å². The molecule has 9 heteroatoms. The Balaban J connectivity index is 1.43. The number of rotatable bonds is 7. The molecule has 0 aliphatic heterocycles. The third-order valence-corrected chi connectivity index (χ3v) is 5.14. The number of H-pyrrole nitrogens is 1. The van der Waals surface area contributed by atoms with Crippen LogP contribution in [0, 0.1) is 17.1 Å². The molecule has 2 N–H and O–H groups in total. The van der Waals surface area contributed by atoms with Crippen LogP contribution in [0.4, 0.5) is 10.3 Å². The van der Waals surface area contributed by atoms with Crippen LogP contribution in [0.25, 0.3) is 11.3 Å². The maximum atomic E-state index is 13.9. The van der Waals surface area contributed by atoms with Crippen molar-refractivity contribution in [1.82, 2.24) is 9.97 Å². The van der Waals surface area contributed by atoms with Gasteiger partial charge in [-0.3, -0.25) is 9.78 Å². The van der Waals surface area contributed by atoms with E-state index in [1.165, 1.54) is 18.3 Å². The summed E-state index contributed by atoms with van der Waals surface area (Å²) in [5.41, 5.74) is 3.97. The fraction of sp³-hybridized carbons (Fsp3) is 0.0400. The number of nitrogens with zero attached hydrogens (tertiary/aromatic N) is 3. The van der Waals surface area contributed by atoms with Crippen LogP contribution in [0.5, 0.6) is 5.75 Å². The number of aromatic nitrogens is 2. The van der Waals surface area contributed by atoms with Crippen molar-refractivity contribution in [3.8, 4) is 23.1 Å². The van der Waals surface area contributed by atoms with Crippen molar-refractivity contribution < 1.29 is 9.13 Å². The van der Waals surface area contributed by atoms with Crippen LogP contribution in [0.1, 0.15) is 16.7 Å². The number of hydrazone groups is 1. The second kappa shape index (κ2) is 10.4. The largest absolute Gasteiger partial charge is 0.489 e. The second-order valence-corrected chi connectivity index (χ2v) is 7.45. The van der Waals surface area contributed by atoms with Gasteiger partial charge >= 0.3 is 0 Å². The van der Waals surface area contributed by atoms with E-state index in [1.54, 1.807) is 54.6 Å². The number of ether oxygens (including phenoxy) is 1. The summed E-state index contributed by atoms with van der Waals surface area (Å²) in [7, 11) is 0. The molecule has 1 heterocycles. The lowest BCUT2D eigenvalue weighted by molar-refractivity contribution is 0.300. The van der Waals surface area contributed by atoms with Crippen LogP contribution in [0.3, 0.4) is 0 Å². The number of hydrogen-bond donors (Lipinski definition) is 2. The van der Waals surface area contributed by atoms with Gasteiger partial charge in [0.1, 0.15) is 29.8 Å². The molecule has 0 bridgehead atoms. The predicted molar refractivity (Wildman–Crippen MR) is 128 cm³/mol. The van der Waals surface area contributed by atoms with E-state index in [0.29, 0.717) is 16.3 Å². The van der Waals surface area contributed by atoms with Gasteiger partial charge in [-0.05, 0) is 42.0 Å². The minimum absolute atomic E-state index is 0.00196. The first kappa shape index (κ1) is 22.7. The van der Waals surface area contributed by atoms with E-state index in [-0.39, 0.29) is 29.4 Å². The molecule has 34 heavy (non-hydrogen) atoms. The topological polar surface area (TPSA) is 103 Å². The van der Waals surface area contributed by atoms with Gasteiger partial charge in [-0.1, -0.05) is 48.0 Å². The minimum atomic E-state index is -0.564. The number of nitriles is 1. The number of hydrogen-bond acceptors (Lipinski definition) is 6. The molecule has 0 atom stereocenters. The molecule has 0 saturated carbocycles. The predicted octanol–water partition coefficient (Wildman–Crippen LogP) is 5.13. The highest BCUT2D eigenvalue weighted by molar-refractivity contribution is 6.31. The van der Waals surface area contributed by atoms with Gasteiger partial charge in [-0.15, -0.1) is 0 Å². The van der Waals surface area contributed by atoms with Gasteiger partial charge in [0.15, 0.2) is 0 Å². The highest BCUT2D eigenvalue weighted by Gasteiger charge is 2.13. The van der Waals surface area contributed by atoms with Crippen molar-refractivity contribution in [2.45, 2.75) is 6.61 Å². The van der Waals surface area contributed by atoms with Gasteiger partial charge in [0.25, 0.3) is 5.56 Å². The average Bonchev–Trinajstić information content (AvgIpc) is 2.85. The van der Waals surface area contributed by atoms with Gasteiger partial charge in [0.2, 0.25) is 5.95 Å². The van der Waals surface area contributed by atoms with Crippen LogP contribution < -0.4 is 15.7 Å². The van der Waals surface area contributed by atoms with Crippen LogP contribution in [0.15, 0.2) is 82.7 Å². The van der Waals surface area contributed by atoms with E-state index in [9.17, 15) is 14.4 Å². The molecule has 0 saturated heterocycles. The number of anilines is 1. The number of benzene rings is 3. The van der Waals surface area contributed by atoms with Crippen molar-refractivity contribution in [3.63, 3.8) is 0 Å². The Kier molecular flexibility index (Phi) is 6.96. The monoisotopic (exact) mass is 473 g/mol. The fourth-order valence-corrected chi connectivity index (χ4v) is 3.30. The Bertz CT molecular complexity index is 1410. The summed E-state index contributed by atoms with van der Waals surface area (Å²) in [6, 6.07) is 22.3. The van der Waals surface area contributed by atoms with Crippen LogP contribution in [0.2, 0.25) is 5.02 Å². The van der Waals surface area contributed by atoms with E-state index in [1.807, 2.05) is 12.1 Å². The summed E-state index contributed by atoms with van der Waals surface area (Å²) in [6.45, 7) is 0.00196. The smallest absolute Gasteiger partial charge is 0.270 e. The molecule has 0 aliphatic carbocycles. The van der Waals surface area contributed by atoms with Gasteiger partial charge in [0, 0.05) is 11.1 Å². The molecule has 3 aromatic carbocycles.